The molecular formula is C15H23NO2. The van der Waals surface area contributed by atoms with Crippen molar-refractivity contribution in [1.29, 1.82) is 0 Å². The molecule has 0 bridgehead atoms. The fourth-order valence-corrected chi connectivity index (χ4v) is 2.56. The Hall–Kier alpha value is -1.06. The van der Waals surface area contributed by atoms with E-state index in [0.29, 0.717) is 5.92 Å². The van der Waals surface area contributed by atoms with Crippen molar-refractivity contribution < 1.29 is 9.84 Å². The average molecular weight is 249 g/mol. The van der Waals surface area contributed by atoms with Gasteiger partial charge in [0.1, 0.15) is 0 Å². The molecule has 1 aromatic carbocycles. The number of aliphatic hydroxyl groups excluding tert-OH is 1. The molecule has 1 heterocycles. The predicted molar refractivity (Wildman–Crippen MR) is 73.9 cm³/mol. The lowest BCUT2D eigenvalue weighted by atomic mass is 9.97. The van der Waals surface area contributed by atoms with Gasteiger partial charge in [-0.15, -0.1) is 0 Å². The molecule has 1 N–H and O–H groups in total. The average Bonchev–Trinajstić information content (AvgIpc) is 2.40. The van der Waals surface area contributed by atoms with Gasteiger partial charge in [-0.1, -0.05) is 12.1 Å². The van der Waals surface area contributed by atoms with E-state index in [1.54, 1.807) is 14.0 Å². The first-order valence-electron chi connectivity index (χ1n) is 6.72. The molecule has 0 aromatic heterocycles. The van der Waals surface area contributed by atoms with Crippen molar-refractivity contribution in [3.05, 3.63) is 29.8 Å². The van der Waals surface area contributed by atoms with Crippen LogP contribution >= 0.6 is 0 Å². The van der Waals surface area contributed by atoms with Crippen molar-refractivity contribution in [1.82, 2.24) is 0 Å². The number of methoxy groups -OCH3 is 1. The molecule has 0 aliphatic carbocycles. The second-order valence-electron chi connectivity index (χ2n) is 5.15. The van der Waals surface area contributed by atoms with Crippen LogP contribution in [0, 0.1) is 5.92 Å². The third-order valence-corrected chi connectivity index (χ3v) is 3.76. The number of nitrogens with zero attached hydrogens (tertiary/aromatic N) is 1. The van der Waals surface area contributed by atoms with Crippen molar-refractivity contribution >= 4 is 5.69 Å². The van der Waals surface area contributed by atoms with Gasteiger partial charge in [-0.2, -0.15) is 0 Å². The van der Waals surface area contributed by atoms with Crippen molar-refractivity contribution in [3.63, 3.8) is 0 Å². The molecule has 2 rings (SSSR count). The normalized spacial score (nSPS) is 18.9. The number of benzene rings is 1. The fraction of sp³-hybridized carbons (Fsp3) is 0.600. The van der Waals surface area contributed by atoms with Crippen LogP contribution in [0.1, 0.15) is 31.4 Å². The van der Waals surface area contributed by atoms with Crippen molar-refractivity contribution in [2.75, 3.05) is 31.7 Å². The lowest BCUT2D eigenvalue weighted by molar-refractivity contribution is 0.139. The van der Waals surface area contributed by atoms with Gasteiger partial charge in [0.25, 0.3) is 0 Å². The Morgan fingerprint density at radius 2 is 1.89 bits per heavy atom. The summed E-state index contributed by atoms with van der Waals surface area (Å²) < 4.78 is 5.22. The van der Waals surface area contributed by atoms with Crippen LogP contribution in [0.4, 0.5) is 5.69 Å². The second kappa shape index (κ2) is 6.21. The summed E-state index contributed by atoms with van der Waals surface area (Å²) in [5, 5.41) is 9.49. The highest BCUT2D eigenvalue weighted by molar-refractivity contribution is 5.48. The summed E-state index contributed by atoms with van der Waals surface area (Å²) in [6.07, 6.45) is 2.02. The summed E-state index contributed by atoms with van der Waals surface area (Å²) in [4.78, 5) is 2.41. The Balaban J connectivity index is 1.93. The van der Waals surface area contributed by atoms with Crippen molar-refractivity contribution in [2.45, 2.75) is 25.9 Å². The van der Waals surface area contributed by atoms with E-state index in [1.807, 2.05) is 12.1 Å². The van der Waals surface area contributed by atoms with Crippen molar-refractivity contribution in [3.8, 4) is 0 Å². The highest BCUT2D eigenvalue weighted by Gasteiger charge is 2.19. The summed E-state index contributed by atoms with van der Waals surface area (Å²) in [6, 6.07) is 8.25. The van der Waals surface area contributed by atoms with Gasteiger partial charge in [0.15, 0.2) is 0 Å². The molecule has 0 radical (unpaired) electrons. The van der Waals surface area contributed by atoms with E-state index in [-0.39, 0.29) is 6.10 Å². The zero-order valence-electron chi connectivity index (χ0n) is 11.3. The first-order valence-corrected chi connectivity index (χ1v) is 6.72. The first-order chi connectivity index (χ1) is 8.70. The van der Waals surface area contributed by atoms with Crippen LogP contribution in [0.5, 0.6) is 0 Å². The number of hydrogen-bond acceptors (Lipinski definition) is 3. The van der Waals surface area contributed by atoms with Crippen molar-refractivity contribution in [2.24, 2.45) is 5.92 Å². The monoisotopic (exact) mass is 249 g/mol. The topological polar surface area (TPSA) is 32.7 Å². The third-order valence-electron chi connectivity index (χ3n) is 3.76. The van der Waals surface area contributed by atoms with Gasteiger partial charge in [0.2, 0.25) is 0 Å². The number of hydrogen-bond donors (Lipinski definition) is 1. The van der Waals surface area contributed by atoms with E-state index >= 15 is 0 Å². The number of rotatable bonds is 4. The summed E-state index contributed by atoms with van der Waals surface area (Å²) >= 11 is 0. The molecule has 1 atom stereocenters. The Bertz CT molecular complexity index is 353. The first kappa shape index (κ1) is 13.4. The highest BCUT2D eigenvalue weighted by Crippen LogP contribution is 2.24. The summed E-state index contributed by atoms with van der Waals surface area (Å²) in [5.74, 6) is 0.711. The molecule has 0 saturated carbocycles. The summed E-state index contributed by atoms with van der Waals surface area (Å²) in [7, 11) is 1.78. The van der Waals surface area contributed by atoms with Crippen LogP contribution in [0.15, 0.2) is 24.3 Å². The predicted octanol–water partition coefficient (Wildman–Crippen LogP) is 2.60. The standard InChI is InChI=1S/C15H23NO2/c1-12(17)14-3-5-15(6-4-14)16-9-7-13(8-10-16)11-18-2/h3-6,12-13,17H,7-11H2,1-2H3. The summed E-state index contributed by atoms with van der Waals surface area (Å²) in [6.45, 7) is 4.88. The minimum atomic E-state index is -0.383. The minimum absolute atomic E-state index is 0.383. The van der Waals surface area contributed by atoms with Crippen LogP contribution in [0.2, 0.25) is 0 Å². The Morgan fingerprint density at radius 3 is 2.39 bits per heavy atom. The highest BCUT2D eigenvalue weighted by atomic mass is 16.5. The van der Waals surface area contributed by atoms with Crippen LogP contribution < -0.4 is 4.90 Å². The van der Waals surface area contributed by atoms with Crippen LogP contribution in [0.25, 0.3) is 0 Å². The quantitative estimate of drug-likeness (QED) is 0.890. The SMILES string of the molecule is COCC1CCN(c2ccc(C(C)O)cc2)CC1. The molecule has 100 valence electrons. The molecule has 1 aliphatic heterocycles. The lowest BCUT2D eigenvalue weighted by Gasteiger charge is -2.33. The maximum atomic E-state index is 9.49. The minimum Gasteiger partial charge on any atom is -0.389 e. The Morgan fingerprint density at radius 1 is 1.28 bits per heavy atom. The molecule has 0 spiro atoms. The largest absolute Gasteiger partial charge is 0.389 e. The molecule has 0 amide bonds. The van der Waals surface area contributed by atoms with Gasteiger partial charge in [0, 0.05) is 32.5 Å². The maximum Gasteiger partial charge on any atom is 0.0761 e. The van der Waals surface area contributed by atoms with E-state index in [0.717, 1.165) is 25.3 Å². The van der Waals surface area contributed by atoms with Gasteiger partial charge in [-0.3, -0.25) is 0 Å². The zero-order valence-corrected chi connectivity index (χ0v) is 11.3. The number of anilines is 1. The Kier molecular flexibility index (Phi) is 4.61. The molecular weight excluding hydrogens is 226 g/mol. The lowest BCUT2D eigenvalue weighted by Crippen LogP contribution is -2.34. The van der Waals surface area contributed by atoms with Crippen LogP contribution in [0.3, 0.4) is 0 Å². The molecule has 1 aliphatic rings. The van der Waals surface area contributed by atoms with E-state index in [9.17, 15) is 5.11 Å². The van der Waals surface area contributed by atoms with Gasteiger partial charge >= 0.3 is 0 Å². The Labute approximate surface area is 109 Å². The maximum absolute atomic E-state index is 9.49. The zero-order chi connectivity index (χ0) is 13.0. The smallest absolute Gasteiger partial charge is 0.0761 e. The van der Waals surface area contributed by atoms with Gasteiger partial charge in [-0.05, 0) is 43.4 Å². The van der Waals surface area contributed by atoms with E-state index in [4.69, 9.17) is 4.74 Å². The number of piperidine rings is 1. The molecule has 1 fully saturated rings. The van der Waals surface area contributed by atoms with E-state index in [1.165, 1.54) is 18.5 Å². The molecule has 1 aromatic rings. The number of aliphatic hydroxyl groups is 1. The molecule has 18 heavy (non-hydrogen) atoms. The van der Waals surface area contributed by atoms with Crippen LogP contribution in [-0.4, -0.2) is 31.9 Å². The fourth-order valence-electron chi connectivity index (χ4n) is 2.56. The second-order valence-corrected chi connectivity index (χ2v) is 5.15. The van der Waals surface area contributed by atoms with Gasteiger partial charge < -0.3 is 14.7 Å². The molecule has 3 nitrogen and oxygen atoms in total. The number of ether oxygens (including phenoxy) is 1. The van der Waals surface area contributed by atoms with E-state index in [2.05, 4.69) is 17.0 Å². The van der Waals surface area contributed by atoms with Gasteiger partial charge in [-0.25, -0.2) is 0 Å². The molecule has 1 saturated heterocycles. The van der Waals surface area contributed by atoms with E-state index < -0.39 is 0 Å². The molecule has 3 heteroatoms. The van der Waals surface area contributed by atoms with Gasteiger partial charge in [0.05, 0.1) is 6.10 Å². The van der Waals surface area contributed by atoms with Crippen LogP contribution in [-0.2, 0) is 4.74 Å². The third kappa shape index (κ3) is 3.24. The molecule has 1 unspecified atom stereocenters. The summed E-state index contributed by atoms with van der Waals surface area (Å²) in [5.41, 5.74) is 2.24.